The van der Waals surface area contributed by atoms with Crippen LogP contribution in [0.3, 0.4) is 0 Å². The van der Waals surface area contributed by atoms with Gasteiger partial charge in [-0.15, -0.1) is 0 Å². The van der Waals surface area contributed by atoms with Crippen molar-refractivity contribution in [1.29, 1.82) is 0 Å². The molecule has 2 heterocycles. The summed E-state index contributed by atoms with van der Waals surface area (Å²) in [5.41, 5.74) is -1.37. The number of carbonyl (C=O) groups is 1. The first-order valence-electron chi connectivity index (χ1n) is 12.8. The normalized spacial score (nSPS) is 45.8. The van der Waals surface area contributed by atoms with E-state index >= 15 is 0 Å². The van der Waals surface area contributed by atoms with Crippen LogP contribution in [-0.2, 0) is 14.3 Å². The molecule has 3 N–H and O–H groups in total. The fourth-order valence-electron chi connectivity index (χ4n) is 8.13. The predicted molar refractivity (Wildman–Crippen MR) is 122 cm³/mol. The average Bonchev–Trinajstić information content (AvgIpc) is 3.12. The molecule has 2 saturated heterocycles. The van der Waals surface area contributed by atoms with E-state index < -0.39 is 29.2 Å². The number of piperidine rings is 1. The van der Waals surface area contributed by atoms with Gasteiger partial charge >= 0.3 is 5.97 Å². The average molecular weight is 455 g/mol. The van der Waals surface area contributed by atoms with Crippen LogP contribution in [0.1, 0.15) is 51.9 Å². The molecule has 3 saturated carbocycles. The fourth-order valence-corrected chi connectivity index (χ4v) is 8.13. The van der Waals surface area contributed by atoms with E-state index in [-0.39, 0.29) is 17.9 Å². The number of hydrogen-bond donors (Lipinski definition) is 3. The number of aliphatic hydroxyl groups is 2. The summed E-state index contributed by atoms with van der Waals surface area (Å²) in [5, 5.41) is 23.4. The van der Waals surface area contributed by atoms with Crippen LogP contribution >= 0.6 is 0 Å². The SMILES string of the molecule is C/C=C/C=C/C(=O)OC1=C2OC3C(O)CCC4(O)C5CC(C=C1)C2C34CC[NH+]5CC1CCC1. The van der Waals surface area contributed by atoms with Crippen molar-refractivity contribution in [2.45, 2.75) is 75.7 Å². The zero-order valence-corrected chi connectivity index (χ0v) is 19.4. The highest BCUT2D eigenvalue weighted by Crippen LogP contribution is 2.68. The molecule has 6 heteroatoms. The highest BCUT2D eigenvalue weighted by Gasteiger charge is 2.78. The third-order valence-electron chi connectivity index (χ3n) is 9.70. The monoisotopic (exact) mass is 454 g/mol. The molecule has 2 aliphatic heterocycles. The predicted octanol–water partition coefficient (Wildman–Crippen LogP) is 1.81. The Kier molecular flexibility index (Phi) is 5.13. The summed E-state index contributed by atoms with van der Waals surface area (Å²) in [6.07, 6.45) is 16.6. The number of nitrogens with one attached hydrogen (secondary N) is 1. The number of allylic oxidation sites excluding steroid dienone is 6. The summed E-state index contributed by atoms with van der Waals surface area (Å²) < 4.78 is 12.2. The number of ether oxygens (including phenoxy) is 2. The maximum atomic E-state index is 12.4. The van der Waals surface area contributed by atoms with E-state index in [9.17, 15) is 15.0 Å². The molecule has 6 nitrogen and oxygen atoms in total. The minimum absolute atomic E-state index is 0.0451. The highest BCUT2D eigenvalue weighted by molar-refractivity contribution is 5.83. The zero-order chi connectivity index (χ0) is 22.8. The third kappa shape index (κ3) is 3.00. The molecule has 2 bridgehead atoms. The van der Waals surface area contributed by atoms with E-state index in [1.165, 1.54) is 25.3 Å². The maximum absolute atomic E-state index is 12.4. The number of carbonyl (C=O) groups excluding carboxylic acids is 1. The molecule has 0 aromatic rings. The largest absolute Gasteiger partial charge is 0.487 e. The second-order valence-electron chi connectivity index (χ2n) is 11.1. The molecule has 1 spiro atoms. The maximum Gasteiger partial charge on any atom is 0.336 e. The Morgan fingerprint density at radius 2 is 2.15 bits per heavy atom. The van der Waals surface area contributed by atoms with Gasteiger partial charge in [-0.05, 0) is 44.6 Å². The number of rotatable bonds is 5. The van der Waals surface area contributed by atoms with Gasteiger partial charge in [-0.25, -0.2) is 4.79 Å². The first-order chi connectivity index (χ1) is 16.0. The van der Waals surface area contributed by atoms with Crippen LogP contribution in [0.2, 0.25) is 0 Å². The van der Waals surface area contributed by atoms with Gasteiger partial charge in [-0.1, -0.05) is 30.7 Å². The molecule has 6 rings (SSSR count). The van der Waals surface area contributed by atoms with Crippen molar-refractivity contribution in [3.63, 3.8) is 0 Å². The Morgan fingerprint density at radius 1 is 1.30 bits per heavy atom. The number of aliphatic hydroxyl groups excluding tert-OH is 1. The first-order valence-corrected chi connectivity index (χ1v) is 12.8. The van der Waals surface area contributed by atoms with Crippen LogP contribution in [0.5, 0.6) is 0 Å². The van der Waals surface area contributed by atoms with Gasteiger partial charge in [-0.3, -0.25) is 0 Å². The summed E-state index contributed by atoms with van der Waals surface area (Å²) in [6, 6.07) is 0.170. The lowest BCUT2D eigenvalue weighted by molar-refractivity contribution is -0.950. The van der Waals surface area contributed by atoms with Crippen LogP contribution < -0.4 is 4.90 Å². The van der Waals surface area contributed by atoms with E-state index in [1.807, 2.05) is 19.1 Å². The van der Waals surface area contributed by atoms with Crippen LogP contribution in [0.25, 0.3) is 0 Å². The second kappa shape index (κ2) is 7.82. The van der Waals surface area contributed by atoms with Crippen molar-refractivity contribution in [2.75, 3.05) is 13.1 Å². The summed E-state index contributed by atoms with van der Waals surface area (Å²) in [4.78, 5) is 14.0. The lowest BCUT2D eigenvalue weighted by Crippen LogP contribution is -3.21. The van der Waals surface area contributed by atoms with Crippen LogP contribution in [0, 0.1) is 23.2 Å². The number of quaternary nitrogens is 1. The van der Waals surface area contributed by atoms with Crippen molar-refractivity contribution in [1.82, 2.24) is 0 Å². The van der Waals surface area contributed by atoms with Gasteiger partial charge in [0.2, 0.25) is 0 Å². The fraction of sp³-hybridized carbons (Fsp3) is 0.667. The molecule has 4 aliphatic carbocycles. The van der Waals surface area contributed by atoms with Crippen molar-refractivity contribution in [3.8, 4) is 0 Å². The van der Waals surface area contributed by atoms with E-state index in [0.717, 1.165) is 31.8 Å². The molecule has 178 valence electrons. The molecule has 8 unspecified atom stereocenters. The standard InChI is InChI=1S/C27H35NO5/c1-2-3-4-8-22(30)32-20-10-9-18-15-21-27(31)12-11-19(29)25-26(27,23(18)24(20)33-25)13-14-28(21)16-17-6-5-7-17/h2-4,8-10,17-19,21,23,25,29,31H,5-7,11-16H2,1H3/p+1/b3-2+,8-4+. The molecule has 0 aromatic carbocycles. The van der Waals surface area contributed by atoms with E-state index in [1.54, 1.807) is 17.1 Å². The molecular weight excluding hydrogens is 418 g/mol. The van der Waals surface area contributed by atoms with Gasteiger partial charge in [0.15, 0.2) is 5.76 Å². The van der Waals surface area contributed by atoms with Gasteiger partial charge < -0.3 is 24.6 Å². The highest BCUT2D eigenvalue weighted by atomic mass is 16.6. The van der Waals surface area contributed by atoms with Gasteiger partial charge in [0.05, 0.1) is 24.6 Å². The molecule has 8 atom stereocenters. The molecular formula is C27H36NO5+. The minimum Gasteiger partial charge on any atom is -0.487 e. The molecule has 5 fully saturated rings. The smallest absolute Gasteiger partial charge is 0.336 e. The Hall–Kier alpha value is -1.89. The summed E-state index contributed by atoms with van der Waals surface area (Å²) in [7, 11) is 0. The quantitative estimate of drug-likeness (QED) is 0.335. The van der Waals surface area contributed by atoms with Gasteiger partial charge in [0.1, 0.15) is 23.5 Å². The minimum atomic E-state index is -0.858. The van der Waals surface area contributed by atoms with E-state index in [4.69, 9.17) is 9.47 Å². The van der Waals surface area contributed by atoms with Crippen LogP contribution in [0.4, 0.5) is 0 Å². The Balaban J connectivity index is 1.36. The summed E-state index contributed by atoms with van der Waals surface area (Å²) >= 11 is 0. The lowest BCUT2D eigenvalue weighted by Gasteiger charge is -2.64. The van der Waals surface area contributed by atoms with Crippen LogP contribution in [-0.4, -0.2) is 53.1 Å². The van der Waals surface area contributed by atoms with Crippen molar-refractivity contribution < 1.29 is 29.4 Å². The van der Waals surface area contributed by atoms with Gasteiger partial charge in [0.25, 0.3) is 0 Å². The molecule has 0 amide bonds. The molecule has 6 aliphatic rings. The number of hydrogen-bond acceptors (Lipinski definition) is 5. The first kappa shape index (κ1) is 21.6. The summed E-state index contributed by atoms with van der Waals surface area (Å²) in [6.45, 7) is 4.06. The van der Waals surface area contributed by atoms with Crippen LogP contribution in [0.15, 0.2) is 48.0 Å². The topological polar surface area (TPSA) is 80.4 Å². The van der Waals surface area contributed by atoms with Crippen molar-refractivity contribution in [3.05, 3.63) is 48.0 Å². The zero-order valence-electron chi connectivity index (χ0n) is 19.4. The van der Waals surface area contributed by atoms with E-state index in [0.29, 0.717) is 24.4 Å². The molecule has 33 heavy (non-hydrogen) atoms. The Labute approximate surface area is 195 Å². The number of likely N-dealkylation sites (tertiary alicyclic amines) is 1. The Bertz CT molecular complexity index is 948. The summed E-state index contributed by atoms with van der Waals surface area (Å²) in [5.74, 6) is 1.64. The Morgan fingerprint density at radius 3 is 2.91 bits per heavy atom. The molecule has 0 aromatic heterocycles. The van der Waals surface area contributed by atoms with Crippen molar-refractivity contribution in [2.24, 2.45) is 23.2 Å². The van der Waals surface area contributed by atoms with E-state index in [2.05, 4.69) is 6.08 Å². The number of esters is 1. The van der Waals surface area contributed by atoms with Gasteiger partial charge in [-0.2, -0.15) is 0 Å². The molecule has 0 radical (unpaired) electrons. The van der Waals surface area contributed by atoms with Gasteiger partial charge in [0, 0.05) is 30.8 Å². The third-order valence-corrected chi connectivity index (χ3v) is 9.70. The second-order valence-corrected chi connectivity index (χ2v) is 11.1. The van der Waals surface area contributed by atoms with Crippen molar-refractivity contribution >= 4 is 5.97 Å². The lowest BCUT2D eigenvalue weighted by atomic mass is 9.44.